The Labute approximate surface area is 158 Å². The van der Waals surface area contributed by atoms with Gasteiger partial charge in [-0.1, -0.05) is 0 Å². The van der Waals surface area contributed by atoms with Gasteiger partial charge in [-0.2, -0.15) is 5.10 Å². The molecule has 1 unspecified atom stereocenters. The van der Waals surface area contributed by atoms with Gasteiger partial charge in [0, 0.05) is 44.4 Å². The Bertz CT molecular complexity index is 808. The maximum absolute atomic E-state index is 12.6. The first-order valence-corrected chi connectivity index (χ1v) is 9.52. The standard InChI is InChI=1S/C19H26N6O2/c1-13(2)21-17(26)15-12-25-11-8-20-18(25)19(27-15)6-9-24(10-7-19)16-5-4-14(3)22-23-16/h4-5,8,11,13,15H,6-7,9-10,12H2,1-3H3,(H,21,26). The zero-order valence-corrected chi connectivity index (χ0v) is 16.1. The summed E-state index contributed by atoms with van der Waals surface area (Å²) in [5.41, 5.74) is 0.374. The highest BCUT2D eigenvalue weighted by Crippen LogP contribution is 2.40. The molecule has 4 heterocycles. The quantitative estimate of drug-likeness (QED) is 0.879. The highest BCUT2D eigenvalue weighted by atomic mass is 16.5. The van der Waals surface area contributed by atoms with Crippen LogP contribution in [-0.2, 0) is 21.7 Å². The van der Waals surface area contributed by atoms with Gasteiger partial charge in [0.1, 0.15) is 11.4 Å². The third-order valence-electron chi connectivity index (χ3n) is 5.26. The average molecular weight is 370 g/mol. The molecule has 1 fully saturated rings. The van der Waals surface area contributed by atoms with Crippen LogP contribution in [0.5, 0.6) is 0 Å². The highest BCUT2D eigenvalue weighted by molar-refractivity contribution is 5.81. The van der Waals surface area contributed by atoms with E-state index in [1.807, 2.05) is 39.1 Å². The lowest BCUT2D eigenvalue weighted by molar-refractivity contribution is -0.167. The van der Waals surface area contributed by atoms with Gasteiger partial charge in [0.05, 0.1) is 12.2 Å². The molecule has 0 radical (unpaired) electrons. The second-order valence-electron chi connectivity index (χ2n) is 7.69. The number of amides is 1. The van der Waals surface area contributed by atoms with Crippen molar-refractivity contribution in [2.24, 2.45) is 0 Å². The van der Waals surface area contributed by atoms with Gasteiger partial charge >= 0.3 is 0 Å². The van der Waals surface area contributed by atoms with E-state index in [2.05, 4.69) is 30.0 Å². The molecule has 0 saturated carbocycles. The lowest BCUT2D eigenvalue weighted by Crippen LogP contribution is -2.54. The van der Waals surface area contributed by atoms with Gasteiger partial charge < -0.3 is 19.5 Å². The van der Waals surface area contributed by atoms with Crippen molar-refractivity contribution in [3.63, 3.8) is 0 Å². The van der Waals surface area contributed by atoms with E-state index in [4.69, 9.17) is 4.74 Å². The number of hydrogen-bond donors (Lipinski definition) is 1. The van der Waals surface area contributed by atoms with Crippen molar-refractivity contribution in [1.29, 1.82) is 0 Å². The van der Waals surface area contributed by atoms with Crippen LogP contribution in [0.2, 0.25) is 0 Å². The Hall–Kier alpha value is -2.48. The third kappa shape index (κ3) is 3.41. The number of imidazole rings is 1. The molecule has 2 aromatic heterocycles. The van der Waals surface area contributed by atoms with E-state index in [1.54, 1.807) is 6.20 Å². The number of hydrogen-bond acceptors (Lipinski definition) is 6. The number of aryl methyl sites for hydroxylation is 1. The van der Waals surface area contributed by atoms with Gasteiger partial charge in [0.15, 0.2) is 11.9 Å². The van der Waals surface area contributed by atoms with E-state index in [0.717, 1.165) is 43.3 Å². The number of nitrogens with zero attached hydrogens (tertiary/aromatic N) is 5. The molecule has 144 valence electrons. The number of piperidine rings is 1. The SMILES string of the molecule is Cc1ccc(N2CCC3(CC2)OC(C(=O)NC(C)C)Cn2ccnc23)nn1. The van der Waals surface area contributed by atoms with Crippen LogP contribution in [0.25, 0.3) is 0 Å². The van der Waals surface area contributed by atoms with E-state index in [9.17, 15) is 4.79 Å². The predicted molar refractivity (Wildman–Crippen MR) is 100 cm³/mol. The summed E-state index contributed by atoms with van der Waals surface area (Å²) in [6.45, 7) is 7.91. The van der Waals surface area contributed by atoms with Crippen LogP contribution in [-0.4, -0.2) is 50.9 Å². The maximum atomic E-state index is 12.6. The second kappa shape index (κ2) is 6.92. The minimum absolute atomic E-state index is 0.0597. The molecular weight excluding hydrogens is 344 g/mol. The monoisotopic (exact) mass is 370 g/mol. The molecule has 27 heavy (non-hydrogen) atoms. The van der Waals surface area contributed by atoms with Gasteiger partial charge in [-0.3, -0.25) is 4.79 Å². The van der Waals surface area contributed by atoms with Gasteiger partial charge in [-0.05, 0) is 32.9 Å². The van der Waals surface area contributed by atoms with Crippen LogP contribution < -0.4 is 10.2 Å². The third-order valence-corrected chi connectivity index (χ3v) is 5.26. The highest BCUT2D eigenvalue weighted by Gasteiger charge is 2.47. The van der Waals surface area contributed by atoms with Crippen LogP contribution in [0, 0.1) is 6.92 Å². The maximum Gasteiger partial charge on any atom is 0.251 e. The number of ether oxygens (including phenoxy) is 1. The summed E-state index contributed by atoms with van der Waals surface area (Å²) in [4.78, 5) is 19.4. The Balaban J connectivity index is 1.53. The molecule has 1 saturated heterocycles. The molecule has 0 aromatic carbocycles. The van der Waals surface area contributed by atoms with Gasteiger partial charge in [0.25, 0.3) is 5.91 Å². The van der Waals surface area contributed by atoms with Crippen LogP contribution in [0.4, 0.5) is 5.82 Å². The van der Waals surface area contributed by atoms with Gasteiger partial charge in [-0.25, -0.2) is 4.98 Å². The molecule has 2 aliphatic heterocycles. The number of anilines is 1. The summed E-state index contributed by atoms with van der Waals surface area (Å²) in [5, 5.41) is 11.4. The van der Waals surface area contributed by atoms with Crippen molar-refractivity contribution < 1.29 is 9.53 Å². The van der Waals surface area contributed by atoms with E-state index in [1.165, 1.54) is 0 Å². The molecule has 1 atom stereocenters. The Morgan fingerprint density at radius 3 is 2.74 bits per heavy atom. The smallest absolute Gasteiger partial charge is 0.251 e. The van der Waals surface area contributed by atoms with Crippen molar-refractivity contribution in [3.8, 4) is 0 Å². The van der Waals surface area contributed by atoms with Crippen molar-refractivity contribution in [3.05, 3.63) is 36.0 Å². The number of rotatable bonds is 3. The van der Waals surface area contributed by atoms with Gasteiger partial charge in [0.2, 0.25) is 0 Å². The summed E-state index contributed by atoms with van der Waals surface area (Å²) in [6, 6.07) is 4.06. The molecule has 0 bridgehead atoms. The fourth-order valence-electron chi connectivity index (χ4n) is 3.91. The van der Waals surface area contributed by atoms with E-state index >= 15 is 0 Å². The van der Waals surface area contributed by atoms with Crippen LogP contribution in [0.15, 0.2) is 24.5 Å². The number of carbonyl (C=O) groups excluding carboxylic acids is 1. The van der Waals surface area contributed by atoms with Crippen LogP contribution in [0.3, 0.4) is 0 Å². The molecule has 2 aliphatic rings. The molecule has 1 N–H and O–H groups in total. The van der Waals surface area contributed by atoms with Crippen molar-refractivity contribution in [2.45, 2.75) is 57.9 Å². The fourth-order valence-corrected chi connectivity index (χ4v) is 3.91. The first kappa shape index (κ1) is 17.9. The van der Waals surface area contributed by atoms with E-state index in [0.29, 0.717) is 6.54 Å². The summed E-state index contributed by atoms with van der Waals surface area (Å²) in [5.74, 6) is 1.74. The summed E-state index contributed by atoms with van der Waals surface area (Å²) < 4.78 is 8.47. The largest absolute Gasteiger partial charge is 0.355 e. The lowest BCUT2D eigenvalue weighted by Gasteiger charge is -2.45. The normalized spacial score (nSPS) is 21.3. The summed E-state index contributed by atoms with van der Waals surface area (Å²) in [6.07, 6.45) is 4.74. The Morgan fingerprint density at radius 2 is 2.07 bits per heavy atom. The topological polar surface area (TPSA) is 85.2 Å². The first-order chi connectivity index (χ1) is 13.0. The fraction of sp³-hybridized carbons (Fsp3) is 0.579. The lowest BCUT2D eigenvalue weighted by atomic mass is 9.88. The number of carbonyl (C=O) groups is 1. The summed E-state index contributed by atoms with van der Waals surface area (Å²) >= 11 is 0. The molecule has 0 aliphatic carbocycles. The molecule has 2 aromatic rings. The van der Waals surface area contributed by atoms with Crippen molar-refractivity contribution in [1.82, 2.24) is 25.1 Å². The predicted octanol–water partition coefficient (Wildman–Crippen LogP) is 1.40. The second-order valence-corrected chi connectivity index (χ2v) is 7.69. The van der Waals surface area contributed by atoms with E-state index in [-0.39, 0.29) is 11.9 Å². The number of aromatic nitrogens is 4. The average Bonchev–Trinajstić information content (AvgIpc) is 3.12. The van der Waals surface area contributed by atoms with Crippen LogP contribution >= 0.6 is 0 Å². The summed E-state index contributed by atoms with van der Waals surface area (Å²) in [7, 11) is 0. The minimum Gasteiger partial charge on any atom is -0.355 e. The molecule has 8 nitrogen and oxygen atoms in total. The first-order valence-electron chi connectivity index (χ1n) is 9.52. The zero-order chi connectivity index (χ0) is 19.0. The number of fused-ring (bicyclic) bond motifs is 2. The molecule has 8 heteroatoms. The molecule has 4 rings (SSSR count). The zero-order valence-electron chi connectivity index (χ0n) is 16.1. The molecule has 1 spiro atoms. The van der Waals surface area contributed by atoms with Crippen LogP contribution in [0.1, 0.15) is 38.2 Å². The molecule has 1 amide bonds. The Kier molecular flexibility index (Phi) is 4.59. The molecular formula is C19H26N6O2. The Morgan fingerprint density at radius 1 is 1.30 bits per heavy atom. The van der Waals surface area contributed by atoms with Gasteiger partial charge in [-0.15, -0.1) is 5.10 Å². The van der Waals surface area contributed by atoms with Crippen molar-refractivity contribution >= 4 is 11.7 Å². The van der Waals surface area contributed by atoms with Crippen molar-refractivity contribution in [2.75, 3.05) is 18.0 Å². The number of nitrogens with one attached hydrogen (secondary N) is 1. The minimum atomic E-state index is -0.532. The van der Waals surface area contributed by atoms with E-state index < -0.39 is 11.7 Å².